The summed E-state index contributed by atoms with van der Waals surface area (Å²) >= 11 is 3.51. The Balaban J connectivity index is 2.05. The molecule has 0 fully saturated rings. The number of carbonyl (C=O) groups excluding carboxylic acids is 1. The quantitative estimate of drug-likeness (QED) is 0.364. The van der Waals surface area contributed by atoms with Gasteiger partial charge >= 0.3 is 0 Å². The van der Waals surface area contributed by atoms with Gasteiger partial charge in [0, 0.05) is 38.5 Å². The second-order valence-corrected chi connectivity index (χ2v) is 10.2. The van der Waals surface area contributed by atoms with Crippen LogP contribution in [0.15, 0.2) is 58.5 Å². The van der Waals surface area contributed by atoms with E-state index < -0.39 is 0 Å². The number of hydrogen-bond acceptors (Lipinski definition) is 3. The highest BCUT2D eigenvalue weighted by Gasteiger charge is 2.26. The van der Waals surface area contributed by atoms with Crippen LogP contribution in [-0.4, -0.2) is 22.4 Å². The van der Waals surface area contributed by atoms with Gasteiger partial charge in [0.25, 0.3) is 5.91 Å². The maximum Gasteiger partial charge on any atom is 0.253 e. The molecular formula is C25H30N2OS2. The van der Waals surface area contributed by atoms with Gasteiger partial charge < -0.3 is 10.3 Å². The maximum atomic E-state index is 13.6. The van der Waals surface area contributed by atoms with Crippen LogP contribution in [0.1, 0.15) is 43.4 Å². The Kier molecular flexibility index (Phi) is 7.73. The van der Waals surface area contributed by atoms with Crippen molar-refractivity contribution in [2.75, 3.05) is 16.8 Å². The van der Waals surface area contributed by atoms with E-state index >= 15 is 0 Å². The SMILES string of the molecule is CCSC(SCC)=C(C(=O)Nc1ccc(C)cc1C)C(C)c1c[nH]c2ccccc12. The monoisotopic (exact) mass is 438 g/mol. The summed E-state index contributed by atoms with van der Waals surface area (Å²) in [5.41, 5.74) is 6.24. The van der Waals surface area contributed by atoms with Crippen molar-refractivity contribution in [2.45, 2.75) is 40.5 Å². The lowest BCUT2D eigenvalue weighted by Crippen LogP contribution is -2.20. The van der Waals surface area contributed by atoms with Crippen molar-refractivity contribution in [3.05, 3.63) is 75.2 Å². The zero-order valence-electron chi connectivity index (χ0n) is 18.3. The standard InChI is InChI=1S/C25H30N2OS2/c1-6-29-25(30-7-2)23(24(28)27-21-13-12-16(3)14-17(21)4)18(5)20-15-26-22-11-9-8-10-19(20)22/h8-15,18,26H,6-7H2,1-5H3,(H,27,28). The van der Waals surface area contributed by atoms with Crippen LogP contribution in [0.25, 0.3) is 10.9 Å². The fourth-order valence-electron chi connectivity index (χ4n) is 3.68. The van der Waals surface area contributed by atoms with E-state index in [9.17, 15) is 4.79 Å². The highest BCUT2D eigenvalue weighted by atomic mass is 32.2. The summed E-state index contributed by atoms with van der Waals surface area (Å²) in [5.74, 6) is 1.82. The first-order chi connectivity index (χ1) is 14.5. The molecule has 0 aliphatic heterocycles. The van der Waals surface area contributed by atoms with Crippen molar-refractivity contribution in [1.29, 1.82) is 0 Å². The van der Waals surface area contributed by atoms with Crippen LogP contribution >= 0.6 is 23.5 Å². The molecule has 2 N–H and O–H groups in total. The number of rotatable bonds is 8. The lowest BCUT2D eigenvalue weighted by molar-refractivity contribution is -0.113. The molecule has 0 saturated heterocycles. The molecule has 1 heterocycles. The lowest BCUT2D eigenvalue weighted by Gasteiger charge is -2.20. The summed E-state index contributed by atoms with van der Waals surface area (Å²) in [5, 5.41) is 4.36. The Morgan fingerprint density at radius 2 is 1.77 bits per heavy atom. The number of benzene rings is 2. The Labute approximate surface area is 188 Å². The van der Waals surface area contributed by atoms with Crippen molar-refractivity contribution < 1.29 is 4.79 Å². The number of para-hydroxylation sites is 1. The van der Waals surface area contributed by atoms with E-state index in [-0.39, 0.29) is 11.8 Å². The van der Waals surface area contributed by atoms with Gasteiger partial charge in [0.2, 0.25) is 0 Å². The molecule has 3 rings (SSSR count). The van der Waals surface area contributed by atoms with Gasteiger partial charge in [-0.25, -0.2) is 0 Å². The minimum Gasteiger partial charge on any atom is -0.361 e. The number of amides is 1. The molecule has 1 aromatic heterocycles. The van der Waals surface area contributed by atoms with Crippen molar-refractivity contribution in [3.8, 4) is 0 Å². The van der Waals surface area contributed by atoms with E-state index in [0.29, 0.717) is 0 Å². The molecule has 0 spiro atoms. The fraction of sp³-hybridized carbons (Fsp3) is 0.320. The smallest absolute Gasteiger partial charge is 0.253 e. The third-order valence-corrected chi connectivity index (χ3v) is 7.41. The van der Waals surface area contributed by atoms with Gasteiger partial charge in [-0.2, -0.15) is 0 Å². The zero-order valence-corrected chi connectivity index (χ0v) is 20.0. The van der Waals surface area contributed by atoms with E-state index in [1.54, 1.807) is 23.5 Å². The minimum absolute atomic E-state index is 0.0170. The Bertz CT molecular complexity index is 1060. The highest BCUT2D eigenvalue weighted by Crippen LogP contribution is 2.40. The molecule has 2 aromatic carbocycles. The molecule has 0 aliphatic carbocycles. The molecule has 3 aromatic rings. The van der Waals surface area contributed by atoms with Crippen LogP contribution in [0.5, 0.6) is 0 Å². The first kappa shape index (κ1) is 22.6. The van der Waals surface area contributed by atoms with E-state index in [1.165, 1.54) is 10.9 Å². The second kappa shape index (κ2) is 10.3. The van der Waals surface area contributed by atoms with Gasteiger partial charge in [0.15, 0.2) is 0 Å². The average Bonchev–Trinajstić information content (AvgIpc) is 3.15. The predicted molar refractivity (Wildman–Crippen MR) is 135 cm³/mol. The number of carbonyl (C=O) groups is 1. The number of thioether (sulfide) groups is 2. The average molecular weight is 439 g/mol. The van der Waals surface area contributed by atoms with Crippen LogP contribution in [0.4, 0.5) is 5.69 Å². The summed E-state index contributed by atoms with van der Waals surface area (Å²) in [6.45, 7) is 10.5. The first-order valence-corrected chi connectivity index (χ1v) is 12.4. The molecule has 1 amide bonds. The maximum absolute atomic E-state index is 13.6. The van der Waals surface area contributed by atoms with Gasteiger partial charge in [-0.1, -0.05) is 56.7 Å². The molecule has 0 saturated carbocycles. The van der Waals surface area contributed by atoms with Crippen molar-refractivity contribution in [2.24, 2.45) is 0 Å². The van der Waals surface area contributed by atoms with Gasteiger partial charge in [-0.05, 0) is 48.6 Å². The van der Waals surface area contributed by atoms with Crippen molar-refractivity contribution >= 4 is 46.0 Å². The van der Waals surface area contributed by atoms with Crippen LogP contribution in [0, 0.1) is 13.8 Å². The Hall–Kier alpha value is -2.11. The van der Waals surface area contributed by atoms with Crippen LogP contribution in [-0.2, 0) is 4.79 Å². The normalized spacial score (nSPS) is 12.0. The molecule has 0 aliphatic rings. The van der Waals surface area contributed by atoms with Gasteiger partial charge in [0.05, 0.1) is 0 Å². The fourth-order valence-corrected chi connectivity index (χ4v) is 6.09. The second-order valence-electron chi connectivity index (χ2n) is 7.35. The molecule has 1 atom stereocenters. The predicted octanol–water partition coefficient (Wildman–Crippen LogP) is 7.24. The van der Waals surface area contributed by atoms with E-state index in [0.717, 1.165) is 43.6 Å². The number of hydrogen-bond donors (Lipinski definition) is 2. The molecule has 0 bridgehead atoms. The summed E-state index contributed by atoms with van der Waals surface area (Å²) in [7, 11) is 0. The topological polar surface area (TPSA) is 44.9 Å². The van der Waals surface area contributed by atoms with Gasteiger partial charge in [-0.15, -0.1) is 23.5 Å². The zero-order chi connectivity index (χ0) is 21.7. The number of fused-ring (bicyclic) bond motifs is 1. The Morgan fingerprint density at radius 3 is 2.43 bits per heavy atom. The van der Waals surface area contributed by atoms with Crippen LogP contribution < -0.4 is 5.32 Å². The molecular weight excluding hydrogens is 408 g/mol. The van der Waals surface area contributed by atoms with Gasteiger partial charge in [0.1, 0.15) is 0 Å². The molecule has 30 heavy (non-hydrogen) atoms. The first-order valence-electron chi connectivity index (χ1n) is 10.4. The van der Waals surface area contributed by atoms with E-state index in [1.807, 2.05) is 37.4 Å². The summed E-state index contributed by atoms with van der Waals surface area (Å²) in [6.07, 6.45) is 2.05. The third-order valence-electron chi connectivity index (χ3n) is 5.17. The molecule has 0 radical (unpaired) electrons. The molecule has 1 unspecified atom stereocenters. The molecule has 3 nitrogen and oxygen atoms in total. The number of nitrogens with one attached hydrogen (secondary N) is 2. The number of aromatic nitrogens is 1. The van der Waals surface area contributed by atoms with E-state index in [2.05, 4.69) is 56.2 Å². The summed E-state index contributed by atoms with van der Waals surface area (Å²) in [6, 6.07) is 14.4. The summed E-state index contributed by atoms with van der Waals surface area (Å²) < 4.78 is 1.11. The highest BCUT2D eigenvalue weighted by molar-refractivity contribution is 8.22. The third kappa shape index (κ3) is 4.96. The molecule has 5 heteroatoms. The number of aromatic amines is 1. The van der Waals surface area contributed by atoms with Crippen molar-refractivity contribution in [3.63, 3.8) is 0 Å². The number of anilines is 1. The summed E-state index contributed by atoms with van der Waals surface area (Å²) in [4.78, 5) is 17.0. The Morgan fingerprint density at radius 1 is 1.07 bits per heavy atom. The number of H-pyrrole nitrogens is 1. The number of aryl methyl sites for hydroxylation is 2. The van der Waals surface area contributed by atoms with Crippen LogP contribution in [0.3, 0.4) is 0 Å². The van der Waals surface area contributed by atoms with E-state index in [4.69, 9.17) is 0 Å². The minimum atomic E-state index is -0.0278. The van der Waals surface area contributed by atoms with Gasteiger partial charge in [-0.3, -0.25) is 4.79 Å². The lowest BCUT2D eigenvalue weighted by atomic mass is 9.92. The van der Waals surface area contributed by atoms with Crippen molar-refractivity contribution in [1.82, 2.24) is 4.98 Å². The molecule has 158 valence electrons. The largest absolute Gasteiger partial charge is 0.361 e. The van der Waals surface area contributed by atoms with Crippen LogP contribution in [0.2, 0.25) is 0 Å².